The van der Waals surface area contributed by atoms with Crippen LogP contribution in [0.3, 0.4) is 0 Å². The second kappa shape index (κ2) is 22.8. The van der Waals surface area contributed by atoms with E-state index in [-0.39, 0.29) is 37.6 Å². The van der Waals surface area contributed by atoms with Crippen molar-refractivity contribution in [3.8, 4) is 11.3 Å². The molecule has 2 aromatic rings. The van der Waals surface area contributed by atoms with Gasteiger partial charge in [-0.3, -0.25) is 19.2 Å². The van der Waals surface area contributed by atoms with Gasteiger partial charge in [0.15, 0.2) is 17.7 Å². The molecule has 0 aliphatic carbocycles. The molecule has 12 atom stereocenters. The molecule has 62 heavy (non-hydrogen) atoms. The summed E-state index contributed by atoms with van der Waals surface area (Å²) in [5.74, 6) is -3.59. The van der Waals surface area contributed by atoms with Crippen LogP contribution >= 0.6 is 0 Å². The molecule has 0 saturated carbocycles. The molecule has 350 valence electrons. The number of Topliss-reactive ketones (excluding diaryl/α,β-unsaturated/α-hetero) is 1. The van der Waals surface area contributed by atoms with Crippen LogP contribution in [-0.4, -0.2) is 154 Å². The van der Waals surface area contributed by atoms with E-state index in [2.05, 4.69) is 15.6 Å². The number of benzene rings is 1. The van der Waals surface area contributed by atoms with Crippen molar-refractivity contribution < 1.29 is 48.3 Å². The van der Waals surface area contributed by atoms with Crippen molar-refractivity contribution in [2.24, 2.45) is 17.8 Å². The number of rotatable bonds is 18. The summed E-state index contributed by atoms with van der Waals surface area (Å²) in [5.41, 5.74) is 5.67. The fourth-order valence-electron chi connectivity index (χ4n) is 9.61. The first-order chi connectivity index (χ1) is 29.4. The zero-order valence-corrected chi connectivity index (χ0v) is 38.9. The number of nitrogens with one attached hydrogen (secondary N) is 1. The van der Waals surface area contributed by atoms with Gasteiger partial charge in [-0.1, -0.05) is 45.0 Å². The highest BCUT2D eigenvalue weighted by molar-refractivity contribution is 6.00. The molecule has 2 fully saturated rings. The Labute approximate surface area is 368 Å². The Bertz CT molecular complexity index is 1750. The first kappa shape index (κ1) is 50.9. The number of nitrogens with two attached hydrogens (primary N) is 1. The molecule has 0 radical (unpaired) electrons. The van der Waals surface area contributed by atoms with E-state index in [1.165, 1.54) is 14.0 Å². The summed E-state index contributed by atoms with van der Waals surface area (Å²) in [6.45, 7) is 16.0. The van der Waals surface area contributed by atoms with Crippen LogP contribution in [0.5, 0.6) is 0 Å². The molecule has 1 aromatic heterocycles. The summed E-state index contributed by atoms with van der Waals surface area (Å²) in [4.78, 5) is 46.2. The first-order valence-electron chi connectivity index (χ1n) is 22.4. The average Bonchev–Trinajstić information content (AvgIpc) is 3.82. The van der Waals surface area contributed by atoms with Crippen molar-refractivity contribution in [2.45, 2.75) is 154 Å². The number of anilines is 1. The summed E-state index contributed by atoms with van der Waals surface area (Å²) in [7, 11) is 5.25. The molecule has 2 unspecified atom stereocenters. The molecular weight excluding hydrogens is 799 g/mol. The number of aliphatic hydroxyl groups excluding tert-OH is 2. The topological polar surface area (TPSA) is 213 Å². The van der Waals surface area contributed by atoms with Crippen LogP contribution in [0.15, 0.2) is 30.5 Å². The van der Waals surface area contributed by atoms with Crippen molar-refractivity contribution >= 4 is 23.5 Å². The Balaban J connectivity index is 1.65. The number of ether oxygens (including phenoxy) is 5. The van der Waals surface area contributed by atoms with Crippen molar-refractivity contribution in [1.82, 2.24) is 30.1 Å². The maximum atomic E-state index is 14.6. The van der Waals surface area contributed by atoms with Gasteiger partial charge < -0.3 is 49.8 Å². The lowest BCUT2D eigenvalue weighted by Crippen LogP contribution is -2.61. The van der Waals surface area contributed by atoms with Crippen LogP contribution in [-0.2, 0) is 39.8 Å². The largest absolute Gasteiger partial charge is 0.458 e. The monoisotopic (exact) mass is 874 g/mol. The second-order valence-corrected chi connectivity index (χ2v) is 17.7. The molecule has 17 nitrogen and oxygen atoms in total. The number of fused-ring (bicyclic) bond motifs is 1. The zero-order chi connectivity index (χ0) is 45.9. The van der Waals surface area contributed by atoms with Gasteiger partial charge in [0.05, 0.1) is 23.9 Å². The van der Waals surface area contributed by atoms with Crippen LogP contribution in [0.2, 0.25) is 0 Å². The van der Waals surface area contributed by atoms with Crippen molar-refractivity contribution in [2.75, 3.05) is 53.2 Å². The Morgan fingerprint density at radius 1 is 1.10 bits per heavy atom. The van der Waals surface area contributed by atoms with E-state index in [1.807, 2.05) is 77.2 Å². The fraction of sp³-hybridized carbons (Fsp3) is 0.756. The van der Waals surface area contributed by atoms with E-state index in [1.54, 1.807) is 30.4 Å². The van der Waals surface area contributed by atoms with Crippen molar-refractivity contribution in [3.05, 3.63) is 30.5 Å². The predicted molar refractivity (Wildman–Crippen MR) is 235 cm³/mol. The molecule has 17 heteroatoms. The van der Waals surface area contributed by atoms with E-state index in [0.29, 0.717) is 63.1 Å². The second-order valence-electron chi connectivity index (χ2n) is 17.7. The van der Waals surface area contributed by atoms with Gasteiger partial charge in [-0.2, -0.15) is 0 Å². The summed E-state index contributed by atoms with van der Waals surface area (Å²) >= 11 is 0. The maximum Gasteiger partial charge on any atom is 0.410 e. The molecule has 0 spiro atoms. The number of nitrogen functional groups attached to an aromatic ring is 1. The Hall–Kier alpha value is -3.71. The maximum absolute atomic E-state index is 14.6. The highest BCUT2D eigenvalue weighted by atomic mass is 16.7. The summed E-state index contributed by atoms with van der Waals surface area (Å²) < 4.78 is 33.3. The highest BCUT2D eigenvalue weighted by Crippen LogP contribution is 2.40. The molecule has 0 bridgehead atoms. The summed E-state index contributed by atoms with van der Waals surface area (Å²) in [6.07, 6.45) is -0.208. The molecule has 2 saturated heterocycles. The predicted octanol–water partition coefficient (Wildman–Crippen LogP) is 4.28. The first-order valence-corrected chi connectivity index (χ1v) is 22.4. The van der Waals surface area contributed by atoms with E-state index in [4.69, 9.17) is 29.4 Å². The minimum atomic E-state index is -1.27. The minimum Gasteiger partial charge on any atom is -0.458 e. The van der Waals surface area contributed by atoms with E-state index in [9.17, 15) is 24.6 Å². The Morgan fingerprint density at radius 3 is 2.42 bits per heavy atom. The number of aryl methyl sites for hydroxylation is 1. The van der Waals surface area contributed by atoms with Crippen LogP contribution in [0.25, 0.3) is 11.3 Å². The third kappa shape index (κ3) is 11.7. The number of ketones is 1. The quantitative estimate of drug-likeness (QED) is 0.0541. The number of likely N-dealkylation sites (N-methyl/N-ethyl adjacent to an activating group) is 1. The lowest BCUT2D eigenvalue weighted by atomic mass is 9.76. The molecule has 2 aliphatic heterocycles. The lowest BCUT2D eigenvalue weighted by molar-refractivity contribution is -0.270. The number of cyclic esters (lactones) is 1. The normalized spacial score (nSPS) is 30.6. The van der Waals surface area contributed by atoms with Gasteiger partial charge in [0.25, 0.3) is 0 Å². The third-order valence-electron chi connectivity index (χ3n) is 13.0. The van der Waals surface area contributed by atoms with E-state index >= 15 is 0 Å². The number of hydrogen-bond donors (Lipinski definition) is 4. The van der Waals surface area contributed by atoms with Gasteiger partial charge in [0.1, 0.15) is 23.8 Å². The van der Waals surface area contributed by atoms with Crippen LogP contribution < -0.4 is 11.1 Å². The number of unbranched alkanes of at least 4 members (excludes halogenated alkanes) is 1. The number of amides is 1. The standard InChI is InChI=1S/C45H75N7O10/c1-12-35(50(9)10)38(55)42(59-14-3)61-40-29(5)37(54)30(6)41(56)60-36(13-2)44(8)39(31(7)47-26-28(4)25-45(40,58-11)20-23-53)52(43(57)62-44)22-16-15-21-51-27-34(48-49-51)32-18-17-19-33(46)24-32/h17-19,24,27-31,35-36,38-40,42,47,53,55H,12-16,20-23,25-26,46H2,1-11H3/t28-,29+,30-,31-,35?,36-,38?,39-,40-,42+,44-,45-/m1/s1. The van der Waals surface area contributed by atoms with Crippen molar-refractivity contribution in [3.63, 3.8) is 0 Å². The smallest absolute Gasteiger partial charge is 0.410 e. The SMILES string of the molecule is CCO[C@@H](O[C@@H]1[C@@H](C)C(=O)[C@@H](C)C(=O)O[C@H](CC)[C@@]2(C)OC(=O)N(CCCCn3cc(-c4cccc(N)c4)nn3)[C@@H]2[C@@H](C)NC[C@H](C)C[C@@]1(CCO)OC)C(O)C(CC)N(C)C. The molecule has 1 aromatic carbocycles. The summed E-state index contributed by atoms with van der Waals surface area (Å²) in [6, 6.07) is 6.22. The molecule has 4 rings (SSSR count). The molecule has 3 heterocycles. The number of aromatic nitrogens is 3. The van der Waals surface area contributed by atoms with Gasteiger partial charge in [-0.25, -0.2) is 4.79 Å². The highest BCUT2D eigenvalue weighted by Gasteiger charge is 2.59. The summed E-state index contributed by atoms with van der Waals surface area (Å²) in [5, 5.41) is 34.5. The molecule has 5 N–H and O–H groups in total. The van der Waals surface area contributed by atoms with E-state index < -0.39 is 71.5 Å². The Morgan fingerprint density at radius 2 is 1.81 bits per heavy atom. The fourth-order valence-corrected chi connectivity index (χ4v) is 9.61. The van der Waals surface area contributed by atoms with Gasteiger partial charge in [0, 0.05) is 69.1 Å². The van der Waals surface area contributed by atoms with Gasteiger partial charge >= 0.3 is 12.1 Å². The number of carbonyl (C=O) groups excluding carboxylic acids is 3. The van der Waals surface area contributed by atoms with Gasteiger partial charge in [0.2, 0.25) is 0 Å². The number of esters is 1. The van der Waals surface area contributed by atoms with Crippen LogP contribution in [0.1, 0.15) is 93.9 Å². The van der Waals surface area contributed by atoms with E-state index in [0.717, 1.165) is 5.56 Å². The average molecular weight is 874 g/mol. The van der Waals surface area contributed by atoms with Crippen molar-refractivity contribution in [1.29, 1.82) is 0 Å². The number of nitrogens with zero attached hydrogens (tertiary/aromatic N) is 5. The third-order valence-corrected chi connectivity index (χ3v) is 13.0. The molecular formula is C45H75N7O10. The van der Waals surface area contributed by atoms with Gasteiger partial charge in [-0.05, 0) is 98.5 Å². The number of hydrogen-bond acceptors (Lipinski definition) is 15. The lowest BCUT2D eigenvalue weighted by Gasteiger charge is -2.46. The van der Waals surface area contributed by atoms with Crippen LogP contribution in [0.4, 0.5) is 10.5 Å². The molecule has 2 aliphatic rings. The number of methoxy groups -OCH3 is 1. The molecule has 1 amide bonds. The van der Waals surface area contributed by atoms with Gasteiger partial charge in [-0.15, -0.1) is 5.10 Å². The Kier molecular flexibility index (Phi) is 18.7. The number of carbonyl (C=O) groups is 3. The minimum absolute atomic E-state index is 0.0931. The number of aliphatic hydroxyl groups is 2. The van der Waals surface area contributed by atoms with Crippen LogP contribution in [0, 0.1) is 17.8 Å². The zero-order valence-electron chi connectivity index (χ0n) is 38.9.